The van der Waals surface area contributed by atoms with Gasteiger partial charge in [0.25, 0.3) is 0 Å². The van der Waals surface area contributed by atoms with Crippen LogP contribution in [0.4, 0.5) is 4.79 Å². The molecule has 0 aromatic rings. The van der Waals surface area contributed by atoms with Gasteiger partial charge in [-0.05, 0) is 44.4 Å². The van der Waals surface area contributed by atoms with Crippen LogP contribution in [0.1, 0.15) is 64.7 Å². The molecule has 0 radical (unpaired) electrons. The number of urea groups is 1. The minimum absolute atomic E-state index is 0.00580. The zero-order chi connectivity index (χ0) is 18.4. The molecule has 0 spiro atoms. The number of likely N-dealkylation sites (tertiary alicyclic amines) is 2. The Morgan fingerprint density at radius 3 is 2.15 bits per heavy atom. The number of nitrogens with zero attached hydrogens (tertiary/aromatic N) is 2. The van der Waals surface area contributed by atoms with Crippen LogP contribution in [0.2, 0.25) is 0 Å². The fraction of sp³-hybridized carbons (Fsp3) is 0.900. The number of hydrogen-bond donors (Lipinski definition) is 2. The Morgan fingerprint density at radius 2 is 1.50 bits per heavy atom. The van der Waals surface area contributed by atoms with Gasteiger partial charge in [-0.25, -0.2) is 4.79 Å². The summed E-state index contributed by atoms with van der Waals surface area (Å²) in [7, 11) is 0. The zero-order valence-electron chi connectivity index (χ0n) is 16.3. The van der Waals surface area contributed by atoms with Gasteiger partial charge in [-0.1, -0.05) is 26.2 Å². The number of rotatable bonds is 4. The van der Waals surface area contributed by atoms with E-state index in [9.17, 15) is 9.59 Å². The number of piperidine rings is 2. The lowest BCUT2D eigenvalue weighted by molar-refractivity contribution is -0.134. The smallest absolute Gasteiger partial charge is 0.315 e. The molecular formula is C20H36N4O2. The van der Waals surface area contributed by atoms with Crippen LogP contribution in [0.25, 0.3) is 0 Å². The summed E-state index contributed by atoms with van der Waals surface area (Å²) < 4.78 is 0. The molecule has 1 atom stereocenters. The number of carbonyl (C=O) groups is 2. The Labute approximate surface area is 158 Å². The highest BCUT2D eigenvalue weighted by Crippen LogP contribution is 2.18. The monoisotopic (exact) mass is 364 g/mol. The highest BCUT2D eigenvalue weighted by molar-refractivity contribution is 5.78. The minimum atomic E-state index is -0.00580. The Morgan fingerprint density at radius 1 is 0.846 bits per heavy atom. The van der Waals surface area contributed by atoms with E-state index in [2.05, 4.69) is 22.5 Å². The van der Waals surface area contributed by atoms with Crippen molar-refractivity contribution in [3.63, 3.8) is 0 Å². The van der Waals surface area contributed by atoms with Gasteiger partial charge in [0.05, 0.1) is 6.54 Å². The third-order valence-corrected chi connectivity index (χ3v) is 6.23. The molecule has 1 saturated carbocycles. The second-order valence-corrected chi connectivity index (χ2v) is 8.59. The first kappa shape index (κ1) is 19.5. The first-order chi connectivity index (χ1) is 12.6. The molecule has 6 nitrogen and oxygen atoms in total. The second-order valence-electron chi connectivity index (χ2n) is 8.59. The standard InChI is InChI=1S/C20H36N4O2/c1-16-6-5-11-24(14-16)19(25)15-23-12-9-18(10-13-23)22-20(26)21-17-7-3-2-4-8-17/h16-18H,2-15H2,1H3,(H2,21,22,26)/t16-/m0/s1. The summed E-state index contributed by atoms with van der Waals surface area (Å²) in [6.07, 6.45) is 10.2. The van der Waals surface area contributed by atoms with Gasteiger partial charge in [-0.3, -0.25) is 9.69 Å². The predicted molar refractivity (Wildman–Crippen MR) is 103 cm³/mol. The summed E-state index contributed by atoms with van der Waals surface area (Å²) in [5.74, 6) is 0.906. The van der Waals surface area contributed by atoms with E-state index >= 15 is 0 Å². The lowest BCUT2D eigenvalue weighted by Gasteiger charge is -2.35. The summed E-state index contributed by atoms with van der Waals surface area (Å²) >= 11 is 0. The third kappa shape index (κ3) is 5.86. The van der Waals surface area contributed by atoms with Crippen molar-refractivity contribution in [1.29, 1.82) is 0 Å². The molecule has 3 fully saturated rings. The van der Waals surface area contributed by atoms with Gasteiger partial charge in [0, 0.05) is 38.3 Å². The SMILES string of the molecule is C[C@H]1CCCN(C(=O)CN2CCC(NC(=O)NC3CCCCC3)CC2)C1. The van der Waals surface area contributed by atoms with Gasteiger partial charge in [0.15, 0.2) is 0 Å². The Kier molecular flexibility index (Phi) is 7.17. The lowest BCUT2D eigenvalue weighted by Crippen LogP contribution is -2.52. The first-order valence-corrected chi connectivity index (χ1v) is 10.7. The van der Waals surface area contributed by atoms with Crippen LogP contribution in [-0.4, -0.2) is 66.5 Å². The van der Waals surface area contributed by atoms with Gasteiger partial charge < -0.3 is 15.5 Å². The van der Waals surface area contributed by atoms with Gasteiger partial charge in [0.1, 0.15) is 0 Å². The quantitative estimate of drug-likeness (QED) is 0.805. The topological polar surface area (TPSA) is 64.7 Å². The Balaban J connectivity index is 1.33. The molecule has 3 rings (SSSR count). The summed E-state index contributed by atoms with van der Waals surface area (Å²) in [4.78, 5) is 29.0. The fourth-order valence-electron chi connectivity index (χ4n) is 4.60. The van der Waals surface area contributed by atoms with E-state index in [1.807, 2.05) is 4.90 Å². The van der Waals surface area contributed by atoms with E-state index in [4.69, 9.17) is 0 Å². The average molecular weight is 365 g/mol. The third-order valence-electron chi connectivity index (χ3n) is 6.23. The molecule has 3 aliphatic rings. The van der Waals surface area contributed by atoms with Crippen molar-refractivity contribution in [3.05, 3.63) is 0 Å². The van der Waals surface area contributed by atoms with E-state index in [1.165, 1.54) is 25.7 Å². The molecule has 6 heteroatoms. The molecule has 2 aliphatic heterocycles. The Bertz CT molecular complexity index is 470. The van der Waals surface area contributed by atoms with Crippen LogP contribution in [-0.2, 0) is 4.79 Å². The van der Waals surface area contributed by atoms with Gasteiger partial charge in [-0.2, -0.15) is 0 Å². The predicted octanol–water partition coefficient (Wildman–Crippen LogP) is 2.34. The van der Waals surface area contributed by atoms with E-state index in [0.29, 0.717) is 18.5 Å². The van der Waals surface area contributed by atoms with Crippen molar-refractivity contribution < 1.29 is 9.59 Å². The Hall–Kier alpha value is -1.30. The van der Waals surface area contributed by atoms with Crippen LogP contribution in [0.15, 0.2) is 0 Å². The van der Waals surface area contributed by atoms with Crippen LogP contribution in [0.3, 0.4) is 0 Å². The maximum absolute atomic E-state index is 12.5. The van der Waals surface area contributed by atoms with Crippen molar-refractivity contribution >= 4 is 11.9 Å². The molecule has 0 aromatic carbocycles. The van der Waals surface area contributed by atoms with Crippen molar-refractivity contribution in [1.82, 2.24) is 20.4 Å². The van der Waals surface area contributed by atoms with Gasteiger partial charge >= 0.3 is 6.03 Å². The van der Waals surface area contributed by atoms with Crippen molar-refractivity contribution in [2.75, 3.05) is 32.7 Å². The molecule has 3 amide bonds. The molecular weight excluding hydrogens is 328 g/mol. The van der Waals surface area contributed by atoms with Crippen molar-refractivity contribution in [3.8, 4) is 0 Å². The minimum Gasteiger partial charge on any atom is -0.341 e. The van der Waals surface area contributed by atoms with Crippen LogP contribution in [0.5, 0.6) is 0 Å². The molecule has 148 valence electrons. The first-order valence-electron chi connectivity index (χ1n) is 10.7. The normalized spacial score (nSPS) is 26.5. The molecule has 2 saturated heterocycles. The molecule has 26 heavy (non-hydrogen) atoms. The summed E-state index contributed by atoms with van der Waals surface area (Å²) in [5.41, 5.74) is 0. The largest absolute Gasteiger partial charge is 0.341 e. The molecule has 2 N–H and O–H groups in total. The summed E-state index contributed by atoms with van der Waals surface area (Å²) in [6.45, 7) is 6.39. The number of amides is 3. The van der Waals surface area contributed by atoms with E-state index in [1.54, 1.807) is 0 Å². The maximum atomic E-state index is 12.5. The molecule has 0 bridgehead atoms. The van der Waals surface area contributed by atoms with E-state index in [-0.39, 0.29) is 18.0 Å². The van der Waals surface area contributed by atoms with Crippen LogP contribution < -0.4 is 10.6 Å². The average Bonchev–Trinajstić information content (AvgIpc) is 2.64. The lowest BCUT2D eigenvalue weighted by atomic mass is 9.96. The van der Waals surface area contributed by atoms with E-state index < -0.39 is 0 Å². The second kappa shape index (κ2) is 9.58. The molecule has 2 heterocycles. The van der Waals surface area contributed by atoms with Gasteiger partial charge in [0.2, 0.25) is 5.91 Å². The van der Waals surface area contributed by atoms with Crippen LogP contribution in [0, 0.1) is 5.92 Å². The number of hydrogen-bond acceptors (Lipinski definition) is 3. The summed E-state index contributed by atoms with van der Waals surface area (Å²) in [6, 6.07) is 0.585. The van der Waals surface area contributed by atoms with E-state index in [0.717, 1.165) is 58.3 Å². The molecule has 0 unspecified atom stereocenters. The van der Waals surface area contributed by atoms with Crippen LogP contribution >= 0.6 is 0 Å². The number of carbonyl (C=O) groups excluding carboxylic acids is 2. The fourth-order valence-corrected chi connectivity index (χ4v) is 4.60. The van der Waals surface area contributed by atoms with Gasteiger partial charge in [-0.15, -0.1) is 0 Å². The maximum Gasteiger partial charge on any atom is 0.315 e. The summed E-state index contributed by atoms with van der Waals surface area (Å²) in [5, 5.41) is 6.27. The van der Waals surface area contributed by atoms with Crippen molar-refractivity contribution in [2.45, 2.75) is 76.8 Å². The highest BCUT2D eigenvalue weighted by Gasteiger charge is 2.26. The molecule has 0 aromatic heterocycles. The zero-order valence-corrected chi connectivity index (χ0v) is 16.3. The van der Waals surface area contributed by atoms with Crippen molar-refractivity contribution in [2.24, 2.45) is 5.92 Å². The number of nitrogens with one attached hydrogen (secondary N) is 2. The highest BCUT2D eigenvalue weighted by atomic mass is 16.2. The molecule has 1 aliphatic carbocycles.